The van der Waals surface area contributed by atoms with E-state index in [4.69, 9.17) is 9.47 Å². The lowest BCUT2D eigenvalue weighted by molar-refractivity contribution is -0.233. The first kappa shape index (κ1) is 13.2. The van der Waals surface area contributed by atoms with Crippen LogP contribution in [-0.2, 0) is 9.47 Å². The van der Waals surface area contributed by atoms with Crippen LogP contribution in [0.25, 0.3) is 0 Å². The molecule has 2 N–H and O–H groups in total. The summed E-state index contributed by atoms with van der Waals surface area (Å²) < 4.78 is 10.5. The molecule has 4 nitrogen and oxygen atoms in total. The van der Waals surface area contributed by atoms with Crippen LogP contribution in [0.4, 0.5) is 0 Å². The highest BCUT2D eigenvalue weighted by Gasteiger charge is 2.73. The standard InChI is InChI=1S/C10H17Br2NO3/c1-15-10(16-2)8(11,6-14)3-7-4-13-5-9(7,10)12/h7,13-14H,3-6H2,1-2H3/t7-,8-,9-/m1/s1. The van der Waals surface area contributed by atoms with Crippen molar-refractivity contribution < 1.29 is 14.6 Å². The number of rotatable bonds is 3. The lowest BCUT2D eigenvalue weighted by Gasteiger charge is -2.45. The number of ether oxygens (including phenoxy) is 2. The molecule has 0 aromatic carbocycles. The Morgan fingerprint density at radius 1 is 1.38 bits per heavy atom. The molecular weight excluding hydrogens is 342 g/mol. The molecule has 2 rings (SSSR count). The fourth-order valence-electron chi connectivity index (χ4n) is 3.21. The largest absolute Gasteiger partial charge is 0.395 e. The molecule has 1 saturated heterocycles. The zero-order valence-corrected chi connectivity index (χ0v) is 12.6. The second-order valence-corrected chi connectivity index (χ2v) is 7.48. The predicted molar refractivity (Wildman–Crippen MR) is 68.1 cm³/mol. The molecule has 94 valence electrons. The molecule has 2 fully saturated rings. The van der Waals surface area contributed by atoms with Crippen LogP contribution in [0.3, 0.4) is 0 Å². The minimum Gasteiger partial charge on any atom is -0.395 e. The summed E-state index contributed by atoms with van der Waals surface area (Å²) in [4.78, 5) is 0. The second kappa shape index (κ2) is 4.17. The quantitative estimate of drug-likeness (QED) is 0.580. The van der Waals surface area contributed by atoms with Gasteiger partial charge in [0.25, 0.3) is 0 Å². The molecule has 1 heterocycles. The van der Waals surface area contributed by atoms with Gasteiger partial charge in [0.05, 0.1) is 10.9 Å². The van der Waals surface area contributed by atoms with Gasteiger partial charge in [-0.05, 0) is 18.9 Å². The average molecular weight is 359 g/mol. The zero-order chi connectivity index (χ0) is 12.0. The maximum atomic E-state index is 9.64. The van der Waals surface area contributed by atoms with E-state index < -0.39 is 10.1 Å². The van der Waals surface area contributed by atoms with Gasteiger partial charge in [0, 0.05) is 20.8 Å². The molecule has 1 aliphatic carbocycles. The summed E-state index contributed by atoms with van der Waals surface area (Å²) >= 11 is 7.40. The summed E-state index contributed by atoms with van der Waals surface area (Å²) in [5, 5.41) is 13.0. The average Bonchev–Trinajstić information content (AvgIpc) is 2.70. The summed E-state index contributed by atoms with van der Waals surface area (Å²) in [5.74, 6) is -0.484. The van der Waals surface area contributed by atoms with Crippen LogP contribution < -0.4 is 5.32 Å². The van der Waals surface area contributed by atoms with E-state index in [1.54, 1.807) is 14.2 Å². The maximum Gasteiger partial charge on any atom is 0.202 e. The van der Waals surface area contributed by atoms with Crippen molar-refractivity contribution in [1.29, 1.82) is 0 Å². The van der Waals surface area contributed by atoms with Gasteiger partial charge < -0.3 is 19.9 Å². The molecule has 1 saturated carbocycles. The van der Waals surface area contributed by atoms with Crippen LogP contribution in [0.5, 0.6) is 0 Å². The fourth-order valence-corrected chi connectivity index (χ4v) is 5.77. The number of aliphatic hydroxyl groups is 1. The minimum atomic E-state index is -0.858. The Morgan fingerprint density at radius 2 is 2.00 bits per heavy atom. The van der Waals surface area contributed by atoms with E-state index in [1.165, 1.54) is 0 Å². The molecular formula is C10H17Br2NO3. The minimum absolute atomic E-state index is 0.0153. The van der Waals surface area contributed by atoms with Crippen molar-refractivity contribution in [3.8, 4) is 0 Å². The van der Waals surface area contributed by atoms with Gasteiger partial charge in [0.15, 0.2) is 0 Å². The van der Waals surface area contributed by atoms with Gasteiger partial charge in [-0.1, -0.05) is 31.9 Å². The van der Waals surface area contributed by atoms with Gasteiger partial charge in [0.1, 0.15) is 4.32 Å². The molecule has 2 aliphatic rings. The van der Waals surface area contributed by atoms with Crippen molar-refractivity contribution in [2.75, 3.05) is 33.9 Å². The molecule has 1 aliphatic heterocycles. The highest BCUT2D eigenvalue weighted by Crippen LogP contribution is 2.61. The van der Waals surface area contributed by atoms with E-state index in [1.807, 2.05) is 0 Å². The molecule has 3 atom stereocenters. The summed E-state index contributed by atoms with van der Waals surface area (Å²) in [6.45, 7) is 1.66. The third kappa shape index (κ3) is 1.34. The Bertz CT molecular complexity index is 287. The summed E-state index contributed by atoms with van der Waals surface area (Å²) in [6.07, 6.45) is 0.809. The maximum absolute atomic E-state index is 9.64. The second-order valence-electron chi connectivity index (χ2n) is 4.54. The number of alkyl halides is 2. The van der Waals surface area contributed by atoms with Crippen molar-refractivity contribution in [3.63, 3.8) is 0 Å². The first-order chi connectivity index (χ1) is 7.49. The topological polar surface area (TPSA) is 50.7 Å². The monoisotopic (exact) mass is 357 g/mol. The summed E-state index contributed by atoms with van der Waals surface area (Å²) in [5.41, 5.74) is 0. The Labute approximate surface area is 112 Å². The molecule has 0 bridgehead atoms. The van der Waals surface area contributed by atoms with Crippen LogP contribution in [0, 0.1) is 5.92 Å². The molecule has 0 aromatic rings. The molecule has 0 spiro atoms. The van der Waals surface area contributed by atoms with Crippen molar-refractivity contribution in [1.82, 2.24) is 5.32 Å². The summed E-state index contributed by atoms with van der Waals surface area (Å²) in [7, 11) is 3.25. The molecule has 16 heavy (non-hydrogen) atoms. The van der Waals surface area contributed by atoms with Crippen LogP contribution in [0.15, 0.2) is 0 Å². The van der Waals surface area contributed by atoms with Crippen LogP contribution in [0.1, 0.15) is 6.42 Å². The van der Waals surface area contributed by atoms with Gasteiger partial charge in [-0.25, -0.2) is 0 Å². The molecule has 6 heteroatoms. The fraction of sp³-hybridized carbons (Fsp3) is 1.00. The van der Waals surface area contributed by atoms with Crippen molar-refractivity contribution >= 4 is 31.9 Å². The van der Waals surface area contributed by atoms with Crippen LogP contribution >= 0.6 is 31.9 Å². The molecule has 0 radical (unpaired) electrons. The number of hydrogen-bond donors (Lipinski definition) is 2. The third-order valence-corrected chi connectivity index (χ3v) is 6.50. The van der Waals surface area contributed by atoms with E-state index >= 15 is 0 Å². The number of fused-ring (bicyclic) bond motifs is 1. The van der Waals surface area contributed by atoms with Crippen molar-refractivity contribution in [2.45, 2.75) is 20.9 Å². The number of aliphatic hydroxyl groups excluding tert-OH is 1. The number of hydrogen-bond acceptors (Lipinski definition) is 4. The first-order valence-corrected chi connectivity index (χ1v) is 6.88. The Morgan fingerprint density at radius 3 is 2.50 bits per heavy atom. The van der Waals surface area contributed by atoms with E-state index in [9.17, 15) is 5.11 Å². The zero-order valence-electron chi connectivity index (χ0n) is 9.43. The van der Waals surface area contributed by atoms with E-state index in [0.29, 0.717) is 5.92 Å². The number of nitrogens with one attached hydrogen (secondary N) is 1. The van der Waals surface area contributed by atoms with E-state index in [2.05, 4.69) is 37.2 Å². The van der Waals surface area contributed by atoms with Gasteiger partial charge >= 0.3 is 0 Å². The summed E-state index contributed by atoms with van der Waals surface area (Å²) in [6, 6.07) is 0. The van der Waals surface area contributed by atoms with Gasteiger partial charge in [-0.15, -0.1) is 0 Å². The van der Waals surface area contributed by atoms with Crippen LogP contribution in [0.2, 0.25) is 0 Å². The number of methoxy groups -OCH3 is 2. The lowest BCUT2D eigenvalue weighted by Crippen LogP contribution is -2.62. The van der Waals surface area contributed by atoms with Crippen molar-refractivity contribution in [2.24, 2.45) is 5.92 Å². The SMILES string of the molecule is COC1(OC)[C@](Br)(CO)C[C@@H]2CNC[C@@]21Br. The molecule has 0 aromatic heterocycles. The van der Waals surface area contributed by atoms with Crippen LogP contribution in [-0.4, -0.2) is 53.5 Å². The highest BCUT2D eigenvalue weighted by molar-refractivity contribution is 9.10. The van der Waals surface area contributed by atoms with Gasteiger partial charge in [-0.2, -0.15) is 0 Å². The van der Waals surface area contributed by atoms with Gasteiger partial charge in [0.2, 0.25) is 5.79 Å². The normalized spacial score (nSPS) is 45.9. The Balaban J connectivity index is 2.48. The van der Waals surface area contributed by atoms with Gasteiger partial charge in [-0.3, -0.25) is 0 Å². The predicted octanol–water partition coefficient (Wildman–Crippen LogP) is 0.858. The number of halogens is 2. The Hall–Kier alpha value is 0.800. The Kier molecular flexibility index (Phi) is 3.45. The lowest BCUT2D eigenvalue weighted by atomic mass is 9.94. The third-order valence-electron chi connectivity index (χ3n) is 3.95. The molecule has 0 amide bonds. The van der Waals surface area contributed by atoms with E-state index in [0.717, 1.165) is 19.5 Å². The smallest absolute Gasteiger partial charge is 0.202 e. The van der Waals surface area contributed by atoms with E-state index in [-0.39, 0.29) is 10.9 Å². The first-order valence-electron chi connectivity index (χ1n) is 5.29. The van der Waals surface area contributed by atoms with Crippen molar-refractivity contribution in [3.05, 3.63) is 0 Å². The molecule has 0 unspecified atom stereocenters. The highest BCUT2D eigenvalue weighted by atomic mass is 79.9.